The van der Waals surface area contributed by atoms with Crippen molar-refractivity contribution in [1.29, 1.82) is 0 Å². The molecule has 1 heterocycles. The highest BCUT2D eigenvalue weighted by atomic mass is 16.5. The fourth-order valence-electron chi connectivity index (χ4n) is 0.710. The number of ether oxygens (including phenoxy) is 1. The summed E-state index contributed by atoms with van der Waals surface area (Å²) in [6.07, 6.45) is 0. The highest BCUT2D eigenvalue weighted by Crippen LogP contribution is 2.09. The van der Waals surface area contributed by atoms with E-state index in [2.05, 4.69) is 15.0 Å². The van der Waals surface area contributed by atoms with E-state index in [-0.39, 0.29) is 11.7 Å². The van der Waals surface area contributed by atoms with E-state index in [0.717, 1.165) is 0 Å². The van der Waals surface area contributed by atoms with Gasteiger partial charge in [0, 0.05) is 6.54 Å². The second-order valence-electron chi connectivity index (χ2n) is 2.09. The standard InChI is InChI=1S/C7H10N2O3/c1-3-8-7(10)5-4-6(11-2)9-12-5/h4H,3H2,1-2H3,(H,8,10). The zero-order chi connectivity index (χ0) is 8.97. The van der Waals surface area contributed by atoms with Crippen LogP contribution in [0.15, 0.2) is 10.6 Å². The Morgan fingerprint density at radius 3 is 3.08 bits per heavy atom. The Bertz CT molecular complexity index is 269. The van der Waals surface area contributed by atoms with Crippen LogP contribution in [-0.4, -0.2) is 24.7 Å². The number of rotatable bonds is 3. The lowest BCUT2D eigenvalue weighted by Gasteiger charge is -1.93. The Morgan fingerprint density at radius 1 is 1.83 bits per heavy atom. The van der Waals surface area contributed by atoms with E-state index in [9.17, 15) is 4.79 Å². The van der Waals surface area contributed by atoms with E-state index in [4.69, 9.17) is 4.74 Å². The zero-order valence-corrected chi connectivity index (χ0v) is 6.96. The van der Waals surface area contributed by atoms with Crippen molar-refractivity contribution in [2.24, 2.45) is 0 Å². The van der Waals surface area contributed by atoms with Crippen molar-refractivity contribution in [2.75, 3.05) is 13.7 Å². The van der Waals surface area contributed by atoms with E-state index in [1.807, 2.05) is 6.92 Å². The Balaban J connectivity index is 2.68. The molecule has 0 unspecified atom stereocenters. The van der Waals surface area contributed by atoms with Gasteiger partial charge in [0.1, 0.15) is 0 Å². The van der Waals surface area contributed by atoms with Gasteiger partial charge < -0.3 is 14.6 Å². The molecule has 1 aromatic heterocycles. The van der Waals surface area contributed by atoms with E-state index in [0.29, 0.717) is 12.4 Å². The number of nitrogens with one attached hydrogen (secondary N) is 1. The van der Waals surface area contributed by atoms with Gasteiger partial charge in [-0.05, 0) is 12.1 Å². The number of aromatic nitrogens is 1. The monoisotopic (exact) mass is 170 g/mol. The molecular formula is C7H10N2O3. The van der Waals surface area contributed by atoms with Crippen LogP contribution in [0.3, 0.4) is 0 Å². The maximum atomic E-state index is 11.1. The SMILES string of the molecule is CCNC(=O)c1cc(OC)no1. The predicted octanol–water partition coefficient (Wildman–Crippen LogP) is 0.433. The Hall–Kier alpha value is -1.52. The zero-order valence-electron chi connectivity index (χ0n) is 6.96. The Morgan fingerprint density at radius 2 is 2.58 bits per heavy atom. The second kappa shape index (κ2) is 3.75. The number of hydrogen-bond donors (Lipinski definition) is 1. The van der Waals surface area contributed by atoms with Gasteiger partial charge in [0.15, 0.2) is 0 Å². The average Bonchev–Trinajstić information content (AvgIpc) is 2.52. The van der Waals surface area contributed by atoms with Gasteiger partial charge in [-0.1, -0.05) is 0 Å². The molecule has 1 N–H and O–H groups in total. The predicted molar refractivity (Wildman–Crippen MR) is 41.1 cm³/mol. The van der Waals surface area contributed by atoms with Crippen molar-refractivity contribution < 1.29 is 14.1 Å². The summed E-state index contributed by atoms with van der Waals surface area (Å²) in [4.78, 5) is 11.1. The first-order valence-electron chi connectivity index (χ1n) is 3.56. The van der Waals surface area contributed by atoms with Gasteiger partial charge in [-0.3, -0.25) is 4.79 Å². The lowest BCUT2D eigenvalue weighted by Crippen LogP contribution is -2.21. The van der Waals surface area contributed by atoms with Crippen LogP contribution in [0.5, 0.6) is 5.88 Å². The average molecular weight is 170 g/mol. The van der Waals surface area contributed by atoms with Gasteiger partial charge in [-0.25, -0.2) is 0 Å². The second-order valence-corrected chi connectivity index (χ2v) is 2.09. The summed E-state index contributed by atoms with van der Waals surface area (Å²) in [5, 5.41) is 6.05. The quantitative estimate of drug-likeness (QED) is 0.714. The molecule has 5 nitrogen and oxygen atoms in total. The fourth-order valence-corrected chi connectivity index (χ4v) is 0.710. The molecule has 0 saturated carbocycles. The molecular weight excluding hydrogens is 160 g/mol. The number of nitrogens with zero attached hydrogens (tertiary/aromatic N) is 1. The summed E-state index contributed by atoms with van der Waals surface area (Å²) < 4.78 is 9.42. The van der Waals surface area contributed by atoms with Crippen molar-refractivity contribution in [2.45, 2.75) is 6.92 Å². The highest BCUT2D eigenvalue weighted by molar-refractivity contribution is 5.91. The van der Waals surface area contributed by atoms with Crippen LogP contribution in [-0.2, 0) is 0 Å². The van der Waals surface area contributed by atoms with Gasteiger partial charge in [-0.15, -0.1) is 0 Å². The molecule has 66 valence electrons. The van der Waals surface area contributed by atoms with Crippen LogP contribution < -0.4 is 10.1 Å². The minimum atomic E-state index is -0.284. The van der Waals surface area contributed by atoms with Crippen molar-refractivity contribution in [3.8, 4) is 5.88 Å². The lowest BCUT2D eigenvalue weighted by molar-refractivity contribution is 0.0918. The molecule has 1 amide bonds. The largest absolute Gasteiger partial charge is 0.479 e. The maximum absolute atomic E-state index is 11.1. The van der Waals surface area contributed by atoms with E-state index in [1.54, 1.807) is 0 Å². The smallest absolute Gasteiger partial charge is 0.290 e. The fraction of sp³-hybridized carbons (Fsp3) is 0.429. The summed E-state index contributed by atoms with van der Waals surface area (Å²) in [6, 6.07) is 1.44. The molecule has 0 saturated heterocycles. The van der Waals surface area contributed by atoms with Gasteiger partial charge in [-0.2, -0.15) is 0 Å². The normalized spacial score (nSPS) is 9.50. The minimum absolute atomic E-state index is 0.161. The molecule has 0 radical (unpaired) electrons. The van der Waals surface area contributed by atoms with Gasteiger partial charge >= 0.3 is 0 Å². The number of hydrogen-bond acceptors (Lipinski definition) is 4. The third-order valence-electron chi connectivity index (χ3n) is 1.26. The molecule has 0 aliphatic rings. The Kier molecular flexibility index (Phi) is 2.68. The van der Waals surface area contributed by atoms with Gasteiger partial charge in [0.25, 0.3) is 11.8 Å². The molecule has 0 atom stereocenters. The van der Waals surface area contributed by atoms with E-state index in [1.165, 1.54) is 13.2 Å². The number of carbonyl (C=O) groups excluding carboxylic acids is 1. The molecule has 0 aliphatic heterocycles. The number of carbonyl (C=O) groups is 1. The van der Waals surface area contributed by atoms with Crippen molar-refractivity contribution >= 4 is 5.91 Å². The molecule has 0 spiro atoms. The van der Waals surface area contributed by atoms with Gasteiger partial charge in [0.2, 0.25) is 5.76 Å². The van der Waals surface area contributed by atoms with Crippen LogP contribution >= 0.6 is 0 Å². The third kappa shape index (κ3) is 1.75. The molecule has 0 bridgehead atoms. The van der Waals surface area contributed by atoms with Crippen LogP contribution in [0.4, 0.5) is 0 Å². The van der Waals surface area contributed by atoms with Crippen LogP contribution in [0.25, 0.3) is 0 Å². The van der Waals surface area contributed by atoms with Crippen LogP contribution in [0.1, 0.15) is 17.5 Å². The molecule has 0 fully saturated rings. The summed E-state index contributed by atoms with van der Waals surface area (Å²) >= 11 is 0. The molecule has 0 aromatic carbocycles. The minimum Gasteiger partial charge on any atom is -0.479 e. The maximum Gasteiger partial charge on any atom is 0.290 e. The van der Waals surface area contributed by atoms with Crippen molar-refractivity contribution in [3.05, 3.63) is 11.8 Å². The summed E-state index contributed by atoms with van der Waals surface area (Å²) in [5.74, 6) is 0.179. The topological polar surface area (TPSA) is 64.4 Å². The molecule has 5 heteroatoms. The first kappa shape index (κ1) is 8.58. The van der Waals surface area contributed by atoms with Crippen molar-refractivity contribution in [1.82, 2.24) is 10.5 Å². The number of methoxy groups -OCH3 is 1. The molecule has 12 heavy (non-hydrogen) atoms. The lowest BCUT2D eigenvalue weighted by atomic mass is 10.4. The third-order valence-corrected chi connectivity index (χ3v) is 1.26. The highest BCUT2D eigenvalue weighted by Gasteiger charge is 2.11. The Labute approximate surface area is 69.7 Å². The van der Waals surface area contributed by atoms with Gasteiger partial charge in [0.05, 0.1) is 13.2 Å². The van der Waals surface area contributed by atoms with Crippen LogP contribution in [0.2, 0.25) is 0 Å². The molecule has 0 aliphatic carbocycles. The van der Waals surface area contributed by atoms with Crippen molar-refractivity contribution in [3.63, 3.8) is 0 Å². The summed E-state index contributed by atoms with van der Waals surface area (Å²) in [7, 11) is 1.46. The summed E-state index contributed by atoms with van der Waals surface area (Å²) in [6.45, 7) is 2.38. The van der Waals surface area contributed by atoms with Crippen LogP contribution in [0, 0.1) is 0 Å². The number of amides is 1. The molecule has 1 aromatic rings. The summed E-state index contributed by atoms with van der Waals surface area (Å²) in [5.41, 5.74) is 0. The first-order valence-corrected chi connectivity index (χ1v) is 3.56. The van der Waals surface area contributed by atoms with E-state index < -0.39 is 0 Å². The van der Waals surface area contributed by atoms with E-state index >= 15 is 0 Å². The molecule has 1 rings (SSSR count). The first-order chi connectivity index (χ1) is 5.77.